The Morgan fingerprint density at radius 1 is 1.20 bits per heavy atom. The van der Waals surface area contributed by atoms with Crippen LogP contribution in [0, 0.1) is 11.6 Å². The Balaban J connectivity index is 2.51. The van der Waals surface area contributed by atoms with Gasteiger partial charge in [-0.05, 0) is 45.4 Å². The van der Waals surface area contributed by atoms with E-state index in [1.807, 2.05) is 20.8 Å². The zero-order valence-corrected chi connectivity index (χ0v) is 9.40. The van der Waals surface area contributed by atoms with Crippen LogP contribution in [0.4, 0.5) is 8.78 Å². The number of benzene rings is 1. The summed E-state index contributed by atoms with van der Waals surface area (Å²) in [6.45, 7) is 6.84. The van der Waals surface area contributed by atoms with E-state index >= 15 is 0 Å². The molecule has 0 unspecified atom stereocenters. The molecule has 1 aromatic rings. The fourth-order valence-electron chi connectivity index (χ4n) is 1.30. The van der Waals surface area contributed by atoms with Crippen LogP contribution in [0.3, 0.4) is 0 Å². The largest absolute Gasteiger partial charge is 0.312 e. The number of hydrogen-bond donors (Lipinski definition) is 1. The lowest BCUT2D eigenvalue weighted by atomic mass is 10.1. The van der Waals surface area contributed by atoms with Crippen LogP contribution >= 0.6 is 0 Å². The third-order valence-corrected chi connectivity index (χ3v) is 2.06. The number of hydrogen-bond acceptors (Lipinski definition) is 1. The summed E-state index contributed by atoms with van der Waals surface area (Å²) in [4.78, 5) is 0. The van der Waals surface area contributed by atoms with Crippen LogP contribution in [-0.2, 0) is 6.42 Å². The lowest BCUT2D eigenvalue weighted by Crippen LogP contribution is -2.37. The highest BCUT2D eigenvalue weighted by molar-refractivity contribution is 5.18. The monoisotopic (exact) mass is 213 g/mol. The molecule has 84 valence electrons. The van der Waals surface area contributed by atoms with Gasteiger partial charge in [-0.25, -0.2) is 8.78 Å². The summed E-state index contributed by atoms with van der Waals surface area (Å²) in [6, 6.07) is 3.71. The maximum atomic E-state index is 13.2. The second-order valence-corrected chi connectivity index (χ2v) is 4.66. The van der Waals surface area contributed by atoms with Crippen LogP contribution in [0.25, 0.3) is 0 Å². The summed E-state index contributed by atoms with van der Waals surface area (Å²) in [5, 5.41) is 3.25. The molecule has 1 nitrogen and oxygen atoms in total. The van der Waals surface area contributed by atoms with Crippen LogP contribution in [0.5, 0.6) is 0 Å². The van der Waals surface area contributed by atoms with Gasteiger partial charge < -0.3 is 5.32 Å². The zero-order chi connectivity index (χ0) is 11.5. The molecule has 0 amide bonds. The van der Waals surface area contributed by atoms with Gasteiger partial charge in [0.15, 0.2) is 0 Å². The van der Waals surface area contributed by atoms with Crippen LogP contribution in [0.1, 0.15) is 26.3 Å². The highest BCUT2D eigenvalue weighted by atomic mass is 19.1. The molecular formula is C12H17F2N. The molecule has 0 saturated carbocycles. The number of halogens is 2. The molecule has 0 aliphatic heterocycles. The molecule has 0 aromatic heterocycles. The van der Waals surface area contributed by atoms with Crippen molar-refractivity contribution in [2.24, 2.45) is 0 Å². The molecule has 0 saturated heterocycles. The fraction of sp³-hybridized carbons (Fsp3) is 0.500. The van der Waals surface area contributed by atoms with E-state index < -0.39 is 11.6 Å². The predicted octanol–water partition coefficient (Wildman–Crippen LogP) is 2.90. The first-order chi connectivity index (χ1) is 6.88. The molecule has 0 radical (unpaired) electrons. The van der Waals surface area contributed by atoms with Gasteiger partial charge in [0.2, 0.25) is 0 Å². The molecular weight excluding hydrogens is 196 g/mol. The van der Waals surface area contributed by atoms with Crippen molar-refractivity contribution >= 4 is 0 Å². The van der Waals surface area contributed by atoms with Gasteiger partial charge in [-0.15, -0.1) is 0 Å². The van der Waals surface area contributed by atoms with Crippen LogP contribution in [0.2, 0.25) is 0 Å². The maximum absolute atomic E-state index is 13.2. The van der Waals surface area contributed by atoms with Crippen molar-refractivity contribution < 1.29 is 8.78 Å². The molecule has 3 heteroatoms. The van der Waals surface area contributed by atoms with Crippen molar-refractivity contribution in [3.63, 3.8) is 0 Å². The molecule has 1 aromatic carbocycles. The summed E-state index contributed by atoms with van der Waals surface area (Å²) < 4.78 is 25.8. The standard InChI is InChI=1S/C12H17F2N/c1-12(2,3)15-7-6-9-4-5-10(13)8-11(9)14/h4-5,8,15H,6-7H2,1-3H3. The topological polar surface area (TPSA) is 12.0 Å². The Hall–Kier alpha value is -0.960. The first kappa shape index (κ1) is 12.1. The van der Waals surface area contributed by atoms with E-state index in [0.717, 1.165) is 6.07 Å². The Bertz CT molecular complexity index is 329. The van der Waals surface area contributed by atoms with E-state index in [-0.39, 0.29) is 5.54 Å². The van der Waals surface area contributed by atoms with Gasteiger partial charge >= 0.3 is 0 Å². The van der Waals surface area contributed by atoms with E-state index in [2.05, 4.69) is 5.32 Å². The normalized spacial score (nSPS) is 11.8. The Kier molecular flexibility index (Phi) is 3.80. The molecule has 0 spiro atoms. The van der Waals surface area contributed by atoms with Crippen LogP contribution in [0.15, 0.2) is 18.2 Å². The summed E-state index contributed by atoms with van der Waals surface area (Å²) in [7, 11) is 0. The molecule has 1 rings (SSSR count). The minimum atomic E-state index is -0.528. The van der Waals surface area contributed by atoms with Crippen LogP contribution < -0.4 is 5.32 Å². The Morgan fingerprint density at radius 2 is 1.87 bits per heavy atom. The zero-order valence-electron chi connectivity index (χ0n) is 9.40. The minimum Gasteiger partial charge on any atom is -0.312 e. The van der Waals surface area contributed by atoms with E-state index in [1.165, 1.54) is 12.1 Å². The van der Waals surface area contributed by atoms with Gasteiger partial charge in [-0.2, -0.15) is 0 Å². The van der Waals surface area contributed by atoms with E-state index in [4.69, 9.17) is 0 Å². The number of nitrogens with one attached hydrogen (secondary N) is 1. The molecule has 0 bridgehead atoms. The van der Waals surface area contributed by atoms with Gasteiger partial charge in [-0.3, -0.25) is 0 Å². The van der Waals surface area contributed by atoms with Crippen molar-refractivity contribution in [1.29, 1.82) is 0 Å². The van der Waals surface area contributed by atoms with E-state index in [1.54, 1.807) is 0 Å². The summed E-state index contributed by atoms with van der Waals surface area (Å²) in [6.07, 6.45) is 0.573. The summed E-state index contributed by atoms with van der Waals surface area (Å²) in [5.41, 5.74) is 0.574. The smallest absolute Gasteiger partial charge is 0.129 e. The molecule has 0 atom stereocenters. The molecule has 0 aliphatic rings. The SMILES string of the molecule is CC(C)(C)NCCc1ccc(F)cc1F. The van der Waals surface area contributed by atoms with Crippen molar-refractivity contribution in [2.75, 3.05) is 6.54 Å². The summed E-state index contributed by atoms with van der Waals surface area (Å²) >= 11 is 0. The van der Waals surface area contributed by atoms with Crippen molar-refractivity contribution in [2.45, 2.75) is 32.7 Å². The van der Waals surface area contributed by atoms with Crippen molar-refractivity contribution in [3.05, 3.63) is 35.4 Å². The molecule has 1 N–H and O–H groups in total. The highest BCUT2D eigenvalue weighted by Crippen LogP contribution is 2.10. The quantitative estimate of drug-likeness (QED) is 0.814. The highest BCUT2D eigenvalue weighted by Gasteiger charge is 2.09. The summed E-state index contributed by atoms with van der Waals surface area (Å²) in [5.74, 6) is -0.995. The third-order valence-electron chi connectivity index (χ3n) is 2.06. The van der Waals surface area contributed by atoms with Gasteiger partial charge in [-0.1, -0.05) is 6.07 Å². The Labute approximate surface area is 89.5 Å². The fourth-order valence-corrected chi connectivity index (χ4v) is 1.30. The van der Waals surface area contributed by atoms with Gasteiger partial charge in [0.25, 0.3) is 0 Å². The molecule has 15 heavy (non-hydrogen) atoms. The average Bonchev–Trinajstić information content (AvgIpc) is 2.07. The lowest BCUT2D eigenvalue weighted by Gasteiger charge is -2.20. The van der Waals surface area contributed by atoms with E-state index in [9.17, 15) is 8.78 Å². The third kappa shape index (κ3) is 4.38. The molecule has 0 fully saturated rings. The minimum absolute atomic E-state index is 0.0243. The molecule has 0 aliphatic carbocycles. The first-order valence-corrected chi connectivity index (χ1v) is 5.07. The van der Waals surface area contributed by atoms with Crippen molar-refractivity contribution in [1.82, 2.24) is 5.32 Å². The number of rotatable bonds is 3. The maximum Gasteiger partial charge on any atom is 0.129 e. The van der Waals surface area contributed by atoms with Gasteiger partial charge in [0.05, 0.1) is 0 Å². The van der Waals surface area contributed by atoms with Gasteiger partial charge in [0, 0.05) is 11.6 Å². The van der Waals surface area contributed by atoms with Gasteiger partial charge in [0.1, 0.15) is 11.6 Å². The van der Waals surface area contributed by atoms with Crippen LogP contribution in [-0.4, -0.2) is 12.1 Å². The average molecular weight is 213 g/mol. The Morgan fingerprint density at radius 3 is 2.40 bits per heavy atom. The second-order valence-electron chi connectivity index (χ2n) is 4.66. The molecule has 0 heterocycles. The lowest BCUT2D eigenvalue weighted by molar-refractivity contribution is 0.427. The van der Waals surface area contributed by atoms with E-state index in [0.29, 0.717) is 18.5 Å². The predicted molar refractivity (Wildman–Crippen MR) is 57.8 cm³/mol. The second kappa shape index (κ2) is 4.71. The van der Waals surface area contributed by atoms with Crippen molar-refractivity contribution in [3.8, 4) is 0 Å². The first-order valence-electron chi connectivity index (χ1n) is 5.07.